The summed E-state index contributed by atoms with van der Waals surface area (Å²) in [6.07, 6.45) is 6.66. The molecule has 9 heteroatoms. The highest BCUT2D eigenvalue weighted by Gasteiger charge is 2.43. The third kappa shape index (κ3) is 9.68. The van der Waals surface area contributed by atoms with Crippen molar-refractivity contribution in [3.8, 4) is 17.2 Å². The number of aryl methyl sites for hydroxylation is 2. The summed E-state index contributed by atoms with van der Waals surface area (Å²) in [7, 11) is 4.33. The van der Waals surface area contributed by atoms with Crippen molar-refractivity contribution in [2.45, 2.75) is 63.1 Å². The molecule has 3 aromatic carbocycles. The van der Waals surface area contributed by atoms with Gasteiger partial charge in [0.1, 0.15) is 6.04 Å². The molecule has 0 aliphatic carbocycles. The number of ketones is 1. The molecule has 2 atom stereocenters. The Morgan fingerprint density at radius 1 is 0.872 bits per heavy atom. The van der Waals surface area contributed by atoms with Crippen LogP contribution in [0.1, 0.15) is 53.6 Å². The maximum Gasteiger partial charge on any atom is 0.295 e. The van der Waals surface area contributed by atoms with E-state index >= 15 is 0 Å². The Kier molecular flexibility index (Phi) is 13.4. The Morgan fingerprint density at radius 3 is 1.91 bits per heavy atom. The van der Waals surface area contributed by atoms with Crippen LogP contribution in [0.3, 0.4) is 0 Å². The molecule has 1 saturated heterocycles. The molecule has 1 aliphatic heterocycles. The van der Waals surface area contributed by atoms with Crippen LogP contribution in [0.4, 0.5) is 0 Å². The highest BCUT2D eigenvalue weighted by molar-refractivity contribution is 6.43. The Bertz CT molecular complexity index is 1410. The monoisotopic (exact) mass is 642 g/mol. The number of Topliss-reactive ketones (excluding diaryl/α,β-unsaturated/α-hetero) is 1. The van der Waals surface area contributed by atoms with Crippen LogP contribution in [-0.2, 0) is 27.2 Å². The van der Waals surface area contributed by atoms with Gasteiger partial charge in [0.25, 0.3) is 11.7 Å². The molecular formula is C38H46N2O7. The first kappa shape index (κ1) is 35.2. The summed E-state index contributed by atoms with van der Waals surface area (Å²) in [5.74, 6) is -1.06. The second-order valence-corrected chi connectivity index (χ2v) is 11.7. The van der Waals surface area contributed by atoms with Crippen molar-refractivity contribution in [3.63, 3.8) is 0 Å². The molecule has 1 fully saturated rings. The summed E-state index contributed by atoms with van der Waals surface area (Å²) in [4.78, 5) is 42.7. The van der Waals surface area contributed by atoms with Crippen molar-refractivity contribution in [2.24, 2.45) is 0 Å². The quantitative estimate of drug-likeness (QED) is 0.110. The van der Waals surface area contributed by atoms with Crippen LogP contribution >= 0.6 is 0 Å². The highest BCUT2D eigenvalue weighted by Crippen LogP contribution is 2.38. The molecule has 1 aliphatic rings. The fraction of sp³-hybridized carbons (Fsp3) is 0.395. The summed E-state index contributed by atoms with van der Waals surface area (Å²) >= 11 is 0. The van der Waals surface area contributed by atoms with Gasteiger partial charge in [-0.1, -0.05) is 66.7 Å². The molecule has 0 spiro atoms. The summed E-state index contributed by atoms with van der Waals surface area (Å²) < 4.78 is 22.0. The molecule has 0 saturated carbocycles. The number of amides is 2. The van der Waals surface area contributed by atoms with E-state index in [1.807, 2.05) is 36.4 Å². The zero-order valence-electron chi connectivity index (χ0n) is 27.6. The number of ether oxygens (including phenoxy) is 4. The lowest BCUT2D eigenvalue weighted by atomic mass is 9.98. The van der Waals surface area contributed by atoms with E-state index in [1.165, 1.54) is 49.5 Å². The molecular weight excluding hydrogens is 596 g/mol. The Balaban J connectivity index is 1.51. The standard InChI is InChI=1S/C38H46N2O7/c1-5-22-47-31-25-32(40(26-31)38(43)35(41)29-23-33(44-2)36(46-4)34(24-29)45-3)37(42)39-30(20-12-18-27-14-8-6-9-15-27)21-13-19-28-16-10-7-11-17-28/h5-11,14-17,23-24,30-32H,1,12-13,18-22,25-26H2,2-4H3,(H,39,42)/t31-,32+/m1/s1. The van der Waals surface area contributed by atoms with Crippen LogP contribution in [0.5, 0.6) is 17.2 Å². The van der Waals surface area contributed by atoms with E-state index in [2.05, 4.69) is 36.2 Å². The molecule has 3 aromatic rings. The molecule has 47 heavy (non-hydrogen) atoms. The number of likely N-dealkylation sites (tertiary alicyclic amines) is 1. The Hall–Kier alpha value is -4.63. The number of carbonyl (C=O) groups excluding carboxylic acids is 3. The third-order valence-electron chi connectivity index (χ3n) is 8.47. The smallest absolute Gasteiger partial charge is 0.295 e. The van der Waals surface area contributed by atoms with Gasteiger partial charge in [-0.2, -0.15) is 0 Å². The van der Waals surface area contributed by atoms with Gasteiger partial charge < -0.3 is 29.2 Å². The van der Waals surface area contributed by atoms with Crippen molar-refractivity contribution in [1.82, 2.24) is 10.2 Å². The van der Waals surface area contributed by atoms with Crippen molar-refractivity contribution < 1.29 is 33.3 Å². The molecule has 0 radical (unpaired) electrons. The minimum atomic E-state index is -0.867. The molecule has 2 amide bonds. The Morgan fingerprint density at radius 2 is 1.43 bits per heavy atom. The molecule has 250 valence electrons. The first-order valence-electron chi connectivity index (χ1n) is 16.1. The summed E-state index contributed by atoms with van der Waals surface area (Å²) in [5.41, 5.74) is 2.57. The van der Waals surface area contributed by atoms with Gasteiger partial charge in [-0.3, -0.25) is 14.4 Å². The van der Waals surface area contributed by atoms with E-state index in [9.17, 15) is 14.4 Å². The zero-order chi connectivity index (χ0) is 33.6. The number of methoxy groups -OCH3 is 3. The van der Waals surface area contributed by atoms with Crippen LogP contribution in [0, 0.1) is 0 Å². The van der Waals surface area contributed by atoms with Gasteiger partial charge in [0.05, 0.1) is 34.0 Å². The normalized spacial score (nSPS) is 15.7. The molecule has 1 N–H and O–H groups in total. The van der Waals surface area contributed by atoms with Gasteiger partial charge in [0, 0.05) is 24.6 Å². The average Bonchev–Trinajstić information content (AvgIpc) is 3.54. The molecule has 0 unspecified atom stereocenters. The van der Waals surface area contributed by atoms with E-state index < -0.39 is 23.8 Å². The fourth-order valence-corrected chi connectivity index (χ4v) is 6.04. The van der Waals surface area contributed by atoms with E-state index in [1.54, 1.807) is 6.08 Å². The number of nitrogens with one attached hydrogen (secondary N) is 1. The highest BCUT2D eigenvalue weighted by atomic mass is 16.5. The van der Waals surface area contributed by atoms with Gasteiger partial charge >= 0.3 is 0 Å². The predicted octanol–water partition coefficient (Wildman–Crippen LogP) is 5.60. The number of hydrogen-bond donors (Lipinski definition) is 1. The van der Waals surface area contributed by atoms with Gasteiger partial charge in [-0.05, 0) is 61.8 Å². The average molecular weight is 643 g/mol. The van der Waals surface area contributed by atoms with Crippen LogP contribution in [-0.4, -0.2) is 75.2 Å². The molecule has 4 rings (SSSR count). The van der Waals surface area contributed by atoms with Crippen molar-refractivity contribution >= 4 is 17.6 Å². The van der Waals surface area contributed by atoms with Gasteiger partial charge in [0.15, 0.2) is 11.5 Å². The number of hydrogen-bond acceptors (Lipinski definition) is 7. The third-order valence-corrected chi connectivity index (χ3v) is 8.47. The van der Waals surface area contributed by atoms with E-state index in [0.29, 0.717) is 5.75 Å². The molecule has 1 heterocycles. The summed E-state index contributed by atoms with van der Waals surface area (Å²) in [6, 6.07) is 22.5. The number of rotatable bonds is 18. The summed E-state index contributed by atoms with van der Waals surface area (Å²) in [6.45, 7) is 4.08. The number of carbonyl (C=O) groups is 3. The SMILES string of the molecule is C=CCO[C@@H]1C[C@@H](C(=O)NC(CCCc2ccccc2)CCCc2ccccc2)N(C(=O)C(=O)c2cc(OC)c(OC)c(OC)c2)C1. The Labute approximate surface area is 277 Å². The van der Waals surface area contributed by atoms with E-state index in [0.717, 1.165) is 38.5 Å². The second kappa shape index (κ2) is 17.9. The molecule has 0 bridgehead atoms. The lowest BCUT2D eigenvalue weighted by Gasteiger charge is -2.26. The van der Waals surface area contributed by atoms with Crippen molar-refractivity contribution in [1.29, 1.82) is 0 Å². The molecule has 0 aromatic heterocycles. The maximum absolute atomic E-state index is 14.0. The van der Waals surface area contributed by atoms with Crippen LogP contribution in [0.15, 0.2) is 85.5 Å². The summed E-state index contributed by atoms with van der Waals surface area (Å²) in [5, 5.41) is 3.25. The largest absolute Gasteiger partial charge is 0.493 e. The number of benzene rings is 3. The van der Waals surface area contributed by atoms with E-state index in [-0.39, 0.29) is 48.6 Å². The van der Waals surface area contributed by atoms with Gasteiger partial charge in [-0.25, -0.2) is 0 Å². The lowest BCUT2D eigenvalue weighted by Crippen LogP contribution is -2.50. The second-order valence-electron chi connectivity index (χ2n) is 11.7. The van der Waals surface area contributed by atoms with Crippen molar-refractivity contribution in [3.05, 3.63) is 102 Å². The topological polar surface area (TPSA) is 103 Å². The van der Waals surface area contributed by atoms with Gasteiger partial charge in [-0.15, -0.1) is 6.58 Å². The fourth-order valence-electron chi connectivity index (χ4n) is 6.04. The van der Waals surface area contributed by atoms with Gasteiger partial charge in [0.2, 0.25) is 11.7 Å². The maximum atomic E-state index is 14.0. The predicted molar refractivity (Wildman–Crippen MR) is 181 cm³/mol. The minimum Gasteiger partial charge on any atom is -0.493 e. The minimum absolute atomic E-state index is 0.0684. The first-order valence-corrected chi connectivity index (χ1v) is 16.1. The van der Waals surface area contributed by atoms with E-state index in [4.69, 9.17) is 18.9 Å². The van der Waals surface area contributed by atoms with Crippen LogP contribution in [0.2, 0.25) is 0 Å². The lowest BCUT2D eigenvalue weighted by molar-refractivity contribution is -0.135. The van der Waals surface area contributed by atoms with Crippen LogP contribution < -0.4 is 19.5 Å². The molecule has 9 nitrogen and oxygen atoms in total. The zero-order valence-corrected chi connectivity index (χ0v) is 27.6. The van der Waals surface area contributed by atoms with Crippen LogP contribution in [0.25, 0.3) is 0 Å². The number of nitrogens with zero attached hydrogens (tertiary/aromatic N) is 1. The first-order chi connectivity index (χ1) is 22.9. The van der Waals surface area contributed by atoms with Crippen molar-refractivity contribution in [2.75, 3.05) is 34.5 Å².